The maximum atomic E-state index is 13.0. The van der Waals surface area contributed by atoms with Gasteiger partial charge in [0.25, 0.3) is 0 Å². The Bertz CT molecular complexity index is 1060. The van der Waals surface area contributed by atoms with Crippen LogP contribution in [0.3, 0.4) is 0 Å². The summed E-state index contributed by atoms with van der Waals surface area (Å²) in [4.78, 5) is 25.4. The third-order valence-corrected chi connectivity index (χ3v) is 4.30. The molecule has 26 heavy (non-hydrogen) atoms. The Balaban J connectivity index is 2.33. The van der Waals surface area contributed by atoms with Crippen molar-refractivity contribution in [1.29, 1.82) is 0 Å². The number of rotatable bonds is 2. The first kappa shape index (κ1) is 18.5. The Kier molecular flexibility index (Phi) is 4.82. The van der Waals surface area contributed by atoms with Gasteiger partial charge in [0, 0.05) is 10.6 Å². The smallest absolute Gasteiger partial charge is 0.316 e. The Morgan fingerprint density at radius 3 is 2.42 bits per heavy atom. The molecule has 2 aromatic carbocycles. The highest BCUT2D eigenvalue weighted by molar-refractivity contribution is 6.33. The van der Waals surface area contributed by atoms with Gasteiger partial charge in [0.1, 0.15) is 5.58 Å². The molecule has 0 radical (unpaired) electrons. The number of benzene rings is 2. The van der Waals surface area contributed by atoms with E-state index in [1.807, 2.05) is 0 Å². The molecule has 0 aliphatic rings. The number of fused-ring (bicyclic) bond motifs is 1. The van der Waals surface area contributed by atoms with Crippen LogP contribution in [0.2, 0.25) is 10.0 Å². The topological polar surface area (TPSA) is 56.5 Å². The first-order chi connectivity index (χ1) is 12.2. The van der Waals surface area contributed by atoms with Crippen molar-refractivity contribution >= 4 is 40.1 Å². The summed E-state index contributed by atoms with van der Waals surface area (Å²) >= 11 is 12.3. The number of hydrogen-bond donors (Lipinski definition) is 0. The Morgan fingerprint density at radius 1 is 1.08 bits per heavy atom. The molecule has 0 atom stereocenters. The first-order valence-corrected chi connectivity index (χ1v) is 8.67. The number of hydrogen-bond acceptors (Lipinski definition) is 4. The van der Waals surface area contributed by atoms with Crippen LogP contribution in [0.5, 0.6) is 5.75 Å². The van der Waals surface area contributed by atoms with Gasteiger partial charge in [-0.2, -0.15) is 0 Å². The maximum Gasteiger partial charge on any atom is 0.316 e. The van der Waals surface area contributed by atoms with Crippen LogP contribution >= 0.6 is 23.2 Å². The second-order valence-electron chi connectivity index (χ2n) is 6.85. The normalized spacial score (nSPS) is 11.6. The lowest BCUT2D eigenvalue weighted by atomic mass is 9.97. The van der Waals surface area contributed by atoms with E-state index in [4.69, 9.17) is 32.4 Å². The quantitative estimate of drug-likeness (QED) is 0.525. The van der Waals surface area contributed by atoms with Crippen molar-refractivity contribution in [3.63, 3.8) is 0 Å². The van der Waals surface area contributed by atoms with Crippen molar-refractivity contribution in [3.05, 3.63) is 62.7 Å². The minimum absolute atomic E-state index is 0.105. The number of halogens is 2. The zero-order valence-electron chi connectivity index (χ0n) is 14.4. The van der Waals surface area contributed by atoms with Gasteiger partial charge < -0.3 is 9.15 Å². The van der Waals surface area contributed by atoms with E-state index in [9.17, 15) is 9.59 Å². The Hall–Kier alpha value is -2.30. The van der Waals surface area contributed by atoms with Gasteiger partial charge in [-0.3, -0.25) is 9.59 Å². The lowest BCUT2D eigenvalue weighted by Crippen LogP contribution is -2.28. The summed E-state index contributed by atoms with van der Waals surface area (Å²) in [5, 5.41) is 0.977. The molecule has 0 saturated heterocycles. The van der Waals surface area contributed by atoms with Crippen LogP contribution in [0.1, 0.15) is 20.8 Å². The first-order valence-electron chi connectivity index (χ1n) is 7.92. The van der Waals surface area contributed by atoms with Crippen LogP contribution < -0.4 is 10.2 Å². The van der Waals surface area contributed by atoms with Crippen molar-refractivity contribution in [3.8, 4) is 17.1 Å². The van der Waals surface area contributed by atoms with Gasteiger partial charge in [0.2, 0.25) is 11.2 Å². The molecule has 0 unspecified atom stereocenters. The van der Waals surface area contributed by atoms with E-state index in [0.29, 0.717) is 21.2 Å². The van der Waals surface area contributed by atoms with E-state index < -0.39 is 16.8 Å². The molecule has 4 nitrogen and oxygen atoms in total. The largest absolute Gasteiger partial charge is 0.452 e. The summed E-state index contributed by atoms with van der Waals surface area (Å²) in [7, 11) is 0. The van der Waals surface area contributed by atoms with Crippen LogP contribution in [0.15, 0.2) is 51.7 Å². The van der Waals surface area contributed by atoms with Crippen LogP contribution in [0.25, 0.3) is 22.3 Å². The van der Waals surface area contributed by atoms with Crippen LogP contribution in [-0.4, -0.2) is 5.97 Å². The van der Waals surface area contributed by atoms with Gasteiger partial charge in [-0.05, 0) is 51.1 Å². The highest BCUT2D eigenvalue weighted by Crippen LogP contribution is 2.36. The van der Waals surface area contributed by atoms with E-state index >= 15 is 0 Å². The van der Waals surface area contributed by atoms with Crippen LogP contribution in [0.4, 0.5) is 0 Å². The van der Waals surface area contributed by atoms with Gasteiger partial charge >= 0.3 is 5.97 Å². The number of carbonyl (C=O) groups is 1. The average Bonchev–Trinajstić information content (AvgIpc) is 2.57. The Morgan fingerprint density at radius 2 is 1.77 bits per heavy atom. The minimum atomic E-state index is -0.798. The van der Waals surface area contributed by atoms with Crippen molar-refractivity contribution in [2.24, 2.45) is 5.41 Å². The van der Waals surface area contributed by atoms with E-state index in [1.165, 1.54) is 6.07 Å². The molecule has 1 heterocycles. The molecular weight excluding hydrogens is 375 g/mol. The molecule has 3 rings (SSSR count). The van der Waals surface area contributed by atoms with E-state index in [0.717, 1.165) is 0 Å². The van der Waals surface area contributed by atoms with Crippen molar-refractivity contribution in [2.45, 2.75) is 20.8 Å². The fraction of sp³-hybridized carbons (Fsp3) is 0.200. The molecule has 3 aromatic rings. The standard InChI is InChI=1S/C20H16Cl2O4/c1-20(2,3)19(24)26-18-16(23)13-10-11(21)8-9-15(13)25-17(18)12-6-4-5-7-14(12)22/h4-10H,1-3H3. The molecule has 0 N–H and O–H groups in total. The molecule has 1 aromatic heterocycles. The molecular formula is C20H16Cl2O4. The zero-order valence-corrected chi connectivity index (χ0v) is 15.9. The lowest BCUT2D eigenvalue weighted by molar-refractivity contribution is -0.143. The van der Waals surface area contributed by atoms with Gasteiger partial charge in [0.15, 0.2) is 5.76 Å². The maximum absolute atomic E-state index is 13.0. The monoisotopic (exact) mass is 390 g/mol. The summed E-state index contributed by atoms with van der Waals surface area (Å²) in [6.45, 7) is 5.10. The van der Waals surface area contributed by atoms with E-state index in [2.05, 4.69) is 0 Å². The lowest BCUT2D eigenvalue weighted by Gasteiger charge is -2.18. The molecule has 0 fully saturated rings. The van der Waals surface area contributed by atoms with Crippen molar-refractivity contribution < 1.29 is 13.9 Å². The minimum Gasteiger partial charge on any atom is -0.452 e. The number of ether oxygens (including phenoxy) is 1. The molecule has 0 aliphatic heterocycles. The predicted molar refractivity (Wildman–Crippen MR) is 103 cm³/mol. The zero-order chi connectivity index (χ0) is 19.1. The fourth-order valence-electron chi connectivity index (χ4n) is 2.31. The van der Waals surface area contributed by atoms with Gasteiger partial charge in [-0.1, -0.05) is 35.3 Å². The van der Waals surface area contributed by atoms with Gasteiger partial charge in [0.05, 0.1) is 15.8 Å². The summed E-state index contributed by atoms with van der Waals surface area (Å²) in [6.07, 6.45) is 0. The van der Waals surface area contributed by atoms with Gasteiger partial charge in [-0.15, -0.1) is 0 Å². The number of carbonyl (C=O) groups excluding carboxylic acids is 1. The summed E-state index contributed by atoms with van der Waals surface area (Å²) < 4.78 is 11.3. The van der Waals surface area contributed by atoms with Crippen LogP contribution in [-0.2, 0) is 4.79 Å². The van der Waals surface area contributed by atoms with Crippen molar-refractivity contribution in [2.75, 3.05) is 0 Å². The van der Waals surface area contributed by atoms with Crippen molar-refractivity contribution in [1.82, 2.24) is 0 Å². The molecule has 6 heteroatoms. The molecule has 0 aliphatic carbocycles. The third kappa shape index (κ3) is 3.48. The summed E-state index contributed by atoms with van der Waals surface area (Å²) in [6, 6.07) is 11.6. The van der Waals surface area contributed by atoms with E-state index in [-0.39, 0.29) is 16.9 Å². The second-order valence-corrected chi connectivity index (χ2v) is 7.69. The predicted octanol–water partition coefficient (Wildman–Crippen LogP) is 5.72. The molecule has 0 amide bonds. The summed E-state index contributed by atoms with van der Waals surface area (Å²) in [5.41, 5.74) is -0.501. The summed E-state index contributed by atoms with van der Waals surface area (Å²) in [5.74, 6) is -0.653. The van der Waals surface area contributed by atoms with Gasteiger partial charge in [-0.25, -0.2) is 0 Å². The average molecular weight is 391 g/mol. The molecule has 0 spiro atoms. The highest BCUT2D eigenvalue weighted by Gasteiger charge is 2.28. The Labute approximate surface area is 160 Å². The molecule has 134 valence electrons. The number of esters is 1. The molecule has 0 bridgehead atoms. The molecule has 0 saturated carbocycles. The van der Waals surface area contributed by atoms with Crippen LogP contribution in [0, 0.1) is 5.41 Å². The second kappa shape index (κ2) is 6.78. The third-order valence-electron chi connectivity index (χ3n) is 3.74. The fourth-order valence-corrected chi connectivity index (χ4v) is 2.71. The SMILES string of the molecule is CC(C)(C)C(=O)Oc1c(-c2ccccc2Cl)oc2ccc(Cl)cc2c1=O. The van der Waals surface area contributed by atoms with E-state index in [1.54, 1.807) is 57.2 Å². The highest BCUT2D eigenvalue weighted by atomic mass is 35.5.